The fraction of sp³-hybridized carbons (Fsp3) is 0.167. The molecule has 0 saturated carbocycles. The Morgan fingerprint density at radius 1 is 1.04 bits per heavy atom. The van der Waals surface area contributed by atoms with Crippen LogP contribution in [0.2, 0.25) is 5.02 Å². The molecule has 7 nitrogen and oxygen atoms in total. The summed E-state index contributed by atoms with van der Waals surface area (Å²) in [6.07, 6.45) is -0.112. The lowest BCUT2D eigenvalue weighted by Crippen LogP contribution is -2.26. The molecule has 4 N–H and O–H groups in total. The highest BCUT2D eigenvalue weighted by molar-refractivity contribution is 6.34. The van der Waals surface area contributed by atoms with Crippen LogP contribution in [0.1, 0.15) is 26.3 Å². The third-order valence-corrected chi connectivity index (χ3v) is 3.81. The summed E-state index contributed by atoms with van der Waals surface area (Å²) in [5.41, 5.74) is 1.06. The monoisotopic (exact) mass is 376 g/mol. The number of carbonyl (C=O) groups excluding carboxylic acids is 2. The van der Waals surface area contributed by atoms with Crippen LogP contribution in [-0.4, -0.2) is 41.1 Å². The molecule has 0 radical (unpaired) electrons. The summed E-state index contributed by atoms with van der Waals surface area (Å²) >= 11 is 6.06. The second kappa shape index (κ2) is 8.98. The van der Waals surface area contributed by atoms with Crippen molar-refractivity contribution in [3.8, 4) is 0 Å². The number of halogens is 1. The van der Waals surface area contributed by atoms with Gasteiger partial charge < -0.3 is 20.8 Å². The zero-order valence-electron chi connectivity index (χ0n) is 13.7. The first-order chi connectivity index (χ1) is 12.4. The van der Waals surface area contributed by atoms with Crippen molar-refractivity contribution in [3.05, 3.63) is 64.2 Å². The zero-order valence-corrected chi connectivity index (χ0v) is 14.4. The zero-order chi connectivity index (χ0) is 19.1. The van der Waals surface area contributed by atoms with Crippen LogP contribution < -0.4 is 10.6 Å². The normalized spacial score (nSPS) is 10.2. The van der Waals surface area contributed by atoms with E-state index in [1.54, 1.807) is 18.2 Å². The maximum atomic E-state index is 12.2. The minimum Gasteiger partial charge on any atom is -0.478 e. The van der Waals surface area contributed by atoms with E-state index in [1.165, 1.54) is 24.3 Å². The van der Waals surface area contributed by atoms with Crippen molar-refractivity contribution in [1.29, 1.82) is 0 Å². The Bertz CT molecular complexity index is 838. The molecule has 0 heterocycles. The predicted molar refractivity (Wildman–Crippen MR) is 96.6 cm³/mol. The maximum absolute atomic E-state index is 12.2. The predicted octanol–water partition coefficient (Wildman–Crippen LogP) is 1.94. The van der Waals surface area contributed by atoms with E-state index in [0.29, 0.717) is 11.3 Å². The van der Waals surface area contributed by atoms with E-state index in [4.69, 9.17) is 21.8 Å². The third-order valence-electron chi connectivity index (χ3n) is 3.49. The van der Waals surface area contributed by atoms with Crippen molar-refractivity contribution >= 4 is 35.1 Å². The van der Waals surface area contributed by atoms with E-state index >= 15 is 0 Å². The Morgan fingerprint density at radius 3 is 2.42 bits per heavy atom. The largest absolute Gasteiger partial charge is 0.478 e. The fourth-order valence-corrected chi connectivity index (χ4v) is 2.57. The van der Waals surface area contributed by atoms with Gasteiger partial charge in [-0.15, -0.1) is 0 Å². The number of aromatic carboxylic acids is 1. The number of carboxylic acids is 1. The molecule has 0 unspecified atom stereocenters. The Morgan fingerprint density at radius 2 is 1.77 bits per heavy atom. The van der Waals surface area contributed by atoms with E-state index in [1.807, 2.05) is 0 Å². The Hall–Kier alpha value is -2.90. The van der Waals surface area contributed by atoms with Gasteiger partial charge in [0.05, 0.1) is 29.2 Å². The summed E-state index contributed by atoms with van der Waals surface area (Å²) in [6, 6.07) is 10.6. The van der Waals surface area contributed by atoms with E-state index < -0.39 is 17.8 Å². The maximum Gasteiger partial charge on any atom is 0.335 e. The van der Waals surface area contributed by atoms with Crippen LogP contribution in [0.5, 0.6) is 0 Å². The van der Waals surface area contributed by atoms with Crippen molar-refractivity contribution < 1.29 is 24.6 Å². The van der Waals surface area contributed by atoms with Gasteiger partial charge in [0.15, 0.2) is 0 Å². The molecule has 0 aliphatic carbocycles. The van der Waals surface area contributed by atoms with Gasteiger partial charge in [-0.3, -0.25) is 9.59 Å². The SMILES string of the molecule is O=C(Cc1ccccc1C(=O)O)Nc1ccc(C(=O)NCCO)c(Cl)c1. The molecule has 26 heavy (non-hydrogen) atoms. The highest BCUT2D eigenvalue weighted by Crippen LogP contribution is 2.21. The average Bonchev–Trinajstić information content (AvgIpc) is 2.60. The molecular formula is C18H17ClN2O5. The molecule has 8 heteroatoms. The van der Waals surface area contributed by atoms with Crippen molar-refractivity contribution in [2.24, 2.45) is 0 Å². The number of nitrogens with one attached hydrogen (secondary N) is 2. The van der Waals surface area contributed by atoms with E-state index in [9.17, 15) is 14.4 Å². The van der Waals surface area contributed by atoms with Gasteiger partial charge in [-0.1, -0.05) is 29.8 Å². The molecule has 2 aromatic rings. The smallest absolute Gasteiger partial charge is 0.335 e. The number of carbonyl (C=O) groups is 3. The first-order valence-corrected chi connectivity index (χ1v) is 8.10. The lowest BCUT2D eigenvalue weighted by Gasteiger charge is -2.10. The first kappa shape index (κ1) is 19.4. The number of anilines is 1. The van der Waals surface area contributed by atoms with Crippen LogP contribution in [0.25, 0.3) is 0 Å². The summed E-state index contributed by atoms with van der Waals surface area (Å²) in [5.74, 6) is -1.95. The lowest BCUT2D eigenvalue weighted by atomic mass is 10.0. The van der Waals surface area contributed by atoms with Crippen LogP contribution in [0.15, 0.2) is 42.5 Å². The molecule has 0 aromatic heterocycles. The van der Waals surface area contributed by atoms with E-state index in [-0.39, 0.29) is 35.7 Å². The van der Waals surface area contributed by atoms with Crippen molar-refractivity contribution in [1.82, 2.24) is 5.32 Å². The van der Waals surface area contributed by atoms with Crippen molar-refractivity contribution in [3.63, 3.8) is 0 Å². The van der Waals surface area contributed by atoms with Gasteiger partial charge in [0.2, 0.25) is 5.91 Å². The van der Waals surface area contributed by atoms with Crippen molar-refractivity contribution in [2.75, 3.05) is 18.5 Å². The molecule has 2 aromatic carbocycles. The number of aliphatic hydroxyl groups excluding tert-OH is 1. The van der Waals surface area contributed by atoms with Crippen LogP contribution >= 0.6 is 11.6 Å². The van der Waals surface area contributed by atoms with Crippen LogP contribution in [0, 0.1) is 0 Å². The van der Waals surface area contributed by atoms with E-state index in [0.717, 1.165) is 0 Å². The third kappa shape index (κ3) is 5.05. The Balaban J connectivity index is 2.07. The van der Waals surface area contributed by atoms with E-state index in [2.05, 4.69) is 10.6 Å². The molecular weight excluding hydrogens is 360 g/mol. The number of amides is 2. The van der Waals surface area contributed by atoms with Gasteiger partial charge in [-0.05, 0) is 29.8 Å². The minimum atomic E-state index is -1.10. The molecule has 0 spiro atoms. The Labute approximate surface area is 154 Å². The summed E-state index contributed by atoms with van der Waals surface area (Å²) in [7, 11) is 0. The number of carboxylic acid groups (broad SMARTS) is 1. The summed E-state index contributed by atoms with van der Waals surface area (Å²) < 4.78 is 0. The quantitative estimate of drug-likeness (QED) is 0.589. The fourth-order valence-electron chi connectivity index (χ4n) is 2.30. The van der Waals surface area contributed by atoms with Gasteiger partial charge in [0.1, 0.15) is 0 Å². The highest BCUT2D eigenvalue weighted by atomic mass is 35.5. The van der Waals surface area contributed by atoms with Crippen LogP contribution in [-0.2, 0) is 11.2 Å². The summed E-state index contributed by atoms with van der Waals surface area (Å²) in [6.45, 7) is -0.0774. The summed E-state index contributed by atoms with van der Waals surface area (Å²) in [5, 5.41) is 23.1. The van der Waals surface area contributed by atoms with Crippen LogP contribution in [0.3, 0.4) is 0 Å². The average molecular weight is 377 g/mol. The minimum absolute atomic E-state index is 0.0663. The first-order valence-electron chi connectivity index (χ1n) is 7.72. The number of hydrogen-bond acceptors (Lipinski definition) is 4. The van der Waals surface area contributed by atoms with Crippen molar-refractivity contribution in [2.45, 2.75) is 6.42 Å². The number of benzene rings is 2. The topological polar surface area (TPSA) is 116 Å². The number of rotatable bonds is 7. The second-order valence-corrected chi connectivity index (χ2v) is 5.77. The highest BCUT2D eigenvalue weighted by Gasteiger charge is 2.14. The lowest BCUT2D eigenvalue weighted by molar-refractivity contribution is -0.115. The second-order valence-electron chi connectivity index (χ2n) is 5.36. The number of aliphatic hydroxyl groups is 1. The molecule has 0 atom stereocenters. The van der Waals surface area contributed by atoms with Gasteiger partial charge in [0.25, 0.3) is 5.91 Å². The standard InChI is InChI=1S/C18H17ClN2O5/c19-15-10-12(5-6-14(15)17(24)20-7-8-22)21-16(23)9-11-3-1-2-4-13(11)18(25)26/h1-6,10,22H,7-9H2,(H,20,24)(H,21,23)(H,25,26). The van der Waals surface area contributed by atoms with Crippen LogP contribution in [0.4, 0.5) is 5.69 Å². The molecule has 0 saturated heterocycles. The van der Waals surface area contributed by atoms with Gasteiger partial charge >= 0.3 is 5.97 Å². The molecule has 0 aliphatic rings. The number of hydrogen-bond donors (Lipinski definition) is 4. The molecule has 2 amide bonds. The van der Waals surface area contributed by atoms with Gasteiger partial charge in [0, 0.05) is 12.2 Å². The summed E-state index contributed by atoms with van der Waals surface area (Å²) in [4.78, 5) is 35.2. The molecule has 0 fully saturated rings. The molecule has 2 rings (SSSR count). The molecule has 136 valence electrons. The van der Waals surface area contributed by atoms with Gasteiger partial charge in [-0.2, -0.15) is 0 Å². The Kier molecular flexibility index (Phi) is 6.71. The van der Waals surface area contributed by atoms with Gasteiger partial charge in [-0.25, -0.2) is 4.79 Å². The molecule has 0 bridgehead atoms. The molecule has 0 aliphatic heterocycles.